The molecule has 0 aromatic heterocycles. The molecule has 0 spiro atoms. The molecular formula is C21H28N2O4. The highest BCUT2D eigenvalue weighted by Crippen LogP contribution is 2.31. The number of carbonyl (C=O) groups excluding carboxylic acids is 3. The number of hydrogen-bond acceptors (Lipinski definition) is 4. The van der Waals surface area contributed by atoms with Crippen LogP contribution < -0.4 is 0 Å². The van der Waals surface area contributed by atoms with Crippen molar-refractivity contribution in [2.45, 2.75) is 58.1 Å². The summed E-state index contributed by atoms with van der Waals surface area (Å²) in [5, 5.41) is 0. The lowest BCUT2D eigenvalue weighted by Crippen LogP contribution is -2.43. The first-order valence-corrected chi connectivity index (χ1v) is 9.58. The molecule has 6 nitrogen and oxygen atoms in total. The van der Waals surface area contributed by atoms with Crippen LogP contribution in [-0.2, 0) is 4.74 Å². The van der Waals surface area contributed by atoms with Gasteiger partial charge in [-0.3, -0.25) is 14.5 Å². The molecule has 0 unspecified atom stereocenters. The maximum Gasteiger partial charge on any atom is 0.410 e. The minimum Gasteiger partial charge on any atom is -0.444 e. The monoisotopic (exact) mass is 372 g/mol. The second-order valence-corrected chi connectivity index (χ2v) is 8.53. The quantitative estimate of drug-likeness (QED) is 0.759. The second kappa shape index (κ2) is 7.33. The summed E-state index contributed by atoms with van der Waals surface area (Å²) in [6, 6.07) is 7.12. The molecule has 1 saturated carbocycles. The molecule has 0 atom stereocenters. The van der Waals surface area contributed by atoms with Gasteiger partial charge in [0, 0.05) is 19.6 Å². The number of rotatable bonds is 3. The van der Waals surface area contributed by atoms with Gasteiger partial charge in [-0.15, -0.1) is 0 Å². The Kier molecular flexibility index (Phi) is 5.27. The van der Waals surface area contributed by atoms with Gasteiger partial charge in [0.1, 0.15) is 5.60 Å². The van der Waals surface area contributed by atoms with Crippen molar-refractivity contribution in [3.8, 4) is 0 Å². The number of nitrogens with zero attached hydrogens (tertiary/aromatic N) is 2. The average Bonchev–Trinajstić information content (AvgIpc) is 2.86. The summed E-state index contributed by atoms with van der Waals surface area (Å²) in [5.41, 5.74) is 0.496. The molecular weight excluding hydrogens is 344 g/mol. The van der Waals surface area contributed by atoms with Gasteiger partial charge in [0.25, 0.3) is 11.8 Å². The summed E-state index contributed by atoms with van der Waals surface area (Å²) in [4.78, 5) is 40.3. The second-order valence-electron chi connectivity index (χ2n) is 8.53. The van der Waals surface area contributed by atoms with Gasteiger partial charge >= 0.3 is 6.09 Å². The molecule has 1 aromatic carbocycles. The zero-order chi connectivity index (χ0) is 19.8. The molecule has 6 heteroatoms. The molecule has 0 bridgehead atoms. The van der Waals surface area contributed by atoms with Crippen molar-refractivity contribution >= 4 is 17.9 Å². The number of carbonyl (C=O) groups is 3. The summed E-state index contributed by atoms with van der Waals surface area (Å²) in [7, 11) is 1.78. The summed E-state index contributed by atoms with van der Waals surface area (Å²) in [6.45, 7) is 6.03. The SMILES string of the molecule is CN(C(=O)OC(C)(C)C)[C@H]1CC[C@H](CN2C(=O)c3ccccc3C2=O)CC1. The molecule has 1 aliphatic carbocycles. The van der Waals surface area contributed by atoms with E-state index in [4.69, 9.17) is 4.74 Å². The maximum atomic E-state index is 12.5. The summed E-state index contributed by atoms with van der Waals surface area (Å²) >= 11 is 0. The molecule has 0 radical (unpaired) electrons. The highest BCUT2D eigenvalue weighted by molar-refractivity contribution is 6.21. The molecule has 1 heterocycles. The summed E-state index contributed by atoms with van der Waals surface area (Å²) in [5.74, 6) is -0.109. The fourth-order valence-electron chi connectivity index (χ4n) is 3.86. The lowest BCUT2D eigenvalue weighted by molar-refractivity contribution is 0.0168. The van der Waals surface area contributed by atoms with Crippen LogP contribution in [0.4, 0.5) is 4.79 Å². The van der Waals surface area contributed by atoms with Crippen LogP contribution in [0, 0.1) is 5.92 Å². The first-order valence-electron chi connectivity index (χ1n) is 9.58. The van der Waals surface area contributed by atoms with E-state index in [0.29, 0.717) is 17.7 Å². The molecule has 1 fully saturated rings. The molecule has 146 valence electrons. The van der Waals surface area contributed by atoms with Gasteiger partial charge in [0.15, 0.2) is 0 Å². The Morgan fingerprint density at radius 2 is 1.59 bits per heavy atom. The standard InChI is InChI=1S/C21H28N2O4/c1-21(2,3)27-20(26)22(4)15-11-9-14(10-12-15)13-23-18(24)16-7-5-6-8-17(16)19(23)25/h5-8,14-15H,9-13H2,1-4H3/t14-,15-. The van der Waals surface area contributed by atoms with Gasteiger partial charge in [-0.1, -0.05) is 12.1 Å². The Labute approximate surface area is 160 Å². The van der Waals surface area contributed by atoms with E-state index in [-0.39, 0.29) is 29.9 Å². The van der Waals surface area contributed by atoms with E-state index in [1.54, 1.807) is 36.2 Å². The normalized spacial score (nSPS) is 22.6. The smallest absolute Gasteiger partial charge is 0.410 e. The van der Waals surface area contributed by atoms with Gasteiger partial charge in [-0.25, -0.2) is 4.79 Å². The fourth-order valence-corrected chi connectivity index (χ4v) is 3.86. The van der Waals surface area contributed by atoms with E-state index >= 15 is 0 Å². The van der Waals surface area contributed by atoms with E-state index < -0.39 is 5.60 Å². The van der Waals surface area contributed by atoms with Crippen LogP contribution in [0.5, 0.6) is 0 Å². The van der Waals surface area contributed by atoms with Crippen LogP contribution in [0.25, 0.3) is 0 Å². The van der Waals surface area contributed by atoms with Crippen molar-refractivity contribution in [1.82, 2.24) is 9.80 Å². The zero-order valence-electron chi connectivity index (χ0n) is 16.5. The van der Waals surface area contributed by atoms with E-state index in [1.165, 1.54) is 4.90 Å². The van der Waals surface area contributed by atoms with Crippen LogP contribution in [0.15, 0.2) is 24.3 Å². The van der Waals surface area contributed by atoms with Gasteiger partial charge in [0.2, 0.25) is 0 Å². The Balaban J connectivity index is 1.54. The van der Waals surface area contributed by atoms with E-state index in [1.807, 2.05) is 20.8 Å². The topological polar surface area (TPSA) is 66.9 Å². The van der Waals surface area contributed by atoms with Crippen molar-refractivity contribution < 1.29 is 19.1 Å². The van der Waals surface area contributed by atoms with Crippen LogP contribution in [0.2, 0.25) is 0 Å². The van der Waals surface area contributed by atoms with Crippen LogP contribution >= 0.6 is 0 Å². The number of imide groups is 1. The molecule has 0 saturated heterocycles. The Bertz CT molecular complexity index is 710. The van der Waals surface area contributed by atoms with Crippen molar-refractivity contribution in [2.24, 2.45) is 5.92 Å². The van der Waals surface area contributed by atoms with E-state index in [2.05, 4.69) is 0 Å². The van der Waals surface area contributed by atoms with E-state index in [0.717, 1.165) is 25.7 Å². The van der Waals surface area contributed by atoms with Crippen LogP contribution in [-0.4, -0.2) is 52.9 Å². The van der Waals surface area contributed by atoms with Crippen LogP contribution in [0.1, 0.15) is 67.2 Å². The Morgan fingerprint density at radius 1 is 1.07 bits per heavy atom. The van der Waals surface area contributed by atoms with Crippen molar-refractivity contribution in [2.75, 3.05) is 13.6 Å². The predicted octanol–water partition coefficient (Wildman–Crippen LogP) is 3.71. The Morgan fingerprint density at radius 3 is 2.07 bits per heavy atom. The van der Waals surface area contributed by atoms with E-state index in [9.17, 15) is 14.4 Å². The summed E-state index contributed by atoms with van der Waals surface area (Å²) in [6.07, 6.45) is 3.16. The first kappa shape index (κ1) is 19.4. The number of amides is 3. The third-order valence-corrected chi connectivity index (χ3v) is 5.36. The number of fused-ring (bicyclic) bond motifs is 1. The molecule has 0 N–H and O–H groups in total. The minimum absolute atomic E-state index is 0.137. The fraction of sp³-hybridized carbons (Fsp3) is 0.571. The average molecular weight is 372 g/mol. The third kappa shape index (κ3) is 4.15. The van der Waals surface area contributed by atoms with Crippen molar-refractivity contribution in [1.29, 1.82) is 0 Å². The third-order valence-electron chi connectivity index (χ3n) is 5.36. The van der Waals surface area contributed by atoms with Gasteiger partial charge in [0.05, 0.1) is 11.1 Å². The molecule has 2 aliphatic rings. The van der Waals surface area contributed by atoms with Crippen molar-refractivity contribution in [3.05, 3.63) is 35.4 Å². The van der Waals surface area contributed by atoms with Gasteiger partial charge < -0.3 is 9.64 Å². The predicted molar refractivity (Wildman–Crippen MR) is 102 cm³/mol. The van der Waals surface area contributed by atoms with Gasteiger partial charge in [-0.05, 0) is 64.5 Å². The molecule has 3 rings (SSSR count). The molecule has 3 amide bonds. The first-order chi connectivity index (χ1) is 12.7. The largest absolute Gasteiger partial charge is 0.444 e. The number of hydrogen-bond donors (Lipinski definition) is 0. The molecule has 27 heavy (non-hydrogen) atoms. The number of benzene rings is 1. The van der Waals surface area contributed by atoms with Crippen LogP contribution in [0.3, 0.4) is 0 Å². The Hall–Kier alpha value is -2.37. The zero-order valence-corrected chi connectivity index (χ0v) is 16.5. The van der Waals surface area contributed by atoms with Crippen molar-refractivity contribution in [3.63, 3.8) is 0 Å². The van der Waals surface area contributed by atoms with Gasteiger partial charge in [-0.2, -0.15) is 0 Å². The highest BCUT2D eigenvalue weighted by atomic mass is 16.6. The molecule has 1 aromatic rings. The summed E-state index contributed by atoms with van der Waals surface area (Å²) < 4.78 is 5.44. The maximum absolute atomic E-state index is 12.5. The lowest BCUT2D eigenvalue weighted by atomic mass is 9.85. The minimum atomic E-state index is -0.506. The number of ether oxygens (including phenoxy) is 1. The highest BCUT2D eigenvalue weighted by Gasteiger charge is 2.37. The molecule has 1 aliphatic heterocycles. The lowest BCUT2D eigenvalue weighted by Gasteiger charge is -2.36.